The Hall–Kier alpha value is -2.37. The predicted octanol–water partition coefficient (Wildman–Crippen LogP) is 6.76. The van der Waals surface area contributed by atoms with Gasteiger partial charge in [0.25, 0.3) is 0 Å². The first-order chi connectivity index (χ1) is 15.8. The van der Waals surface area contributed by atoms with Gasteiger partial charge in [-0.05, 0) is 35.8 Å². The third-order valence-electron chi connectivity index (χ3n) is 7.03. The van der Waals surface area contributed by atoms with E-state index >= 15 is 0 Å². The van der Waals surface area contributed by atoms with Gasteiger partial charge < -0.3 is 20.1 Å². The van der Waals surface area contributed by atoms with Gasteiger partial charge in [0.1, 0.15) is 0 Å². The van der Waals surface area contributed by atoms with Crippen LogP contribution in [0.25, 0.3) is 0 Å². The number of hydrogen-bond acceptors (Lipinski definition) is 3. The summed E-state index contributed by atoms with van der Waals surface area (Å²) in [5.74, 6) is -0.392. The quantitative estimate of drug-likeness (QED) is 0.465. The second-order valence-corrected chi connectivity index (χ2v) is 9.83. The number of amides is 2. The molecule has 0 aromatic heterocycles. The van der Waals surface area contributed by atoms with Crippen molar-refractivity contribution in [1.82, 2.24) is 5.32 Å². The van der Waals surface area contributed by atoms with Crippen LogP contribution in [0.15, 0.2) is 48.5 Å². The minimum Gasteiger partial charge on any atom is -0.344 e. The monoisotopic (exact) mass is 452 g/mol. The molecule has 1 fully saturated rings. The highest BCUT2D eigenvalue weighted by Crippen LogP contribution is 2.40. The first kappa shape index (κ1) is 25.3. The number of rotatable bonds is 8. The highest BCUT2D eigenvalue weighted by Gasteiger charge is 2.44. The van der Waals surface area contributed by atoms with Crippen LogP contribution in [-0.2, 0) is 15.3 Å². The van der Waals surface area contributed by atoms with Crippen molar-refractivity contribution in [2.75, 3.05) is 25.1 Å². The molecule has 1 heterocycles. The molecule has 3 rings (SSSR count). The van der Waals surface area contributed by atoms with Crippen LogP contribution in [0.5, 0.6) is 0 Å². The number of benzene rings is 2. The normalized spacial score (nSPS) is 17.2. The molecule has 180 valence electrons. The van der Waals surface area contributed by atoms with Gasteiger partial charge in [-0.2, -0.15) is 0 Å². The molecule has 2 N–H and O–H groups in total. The summed E-state index contributed by atoms with van der Waals surface area (Å²) in [4.78, 5) is 13.1. The lowest BCUT2D eigenvalue weighted by atomic mass is 9.83. The lowest BCUT2D eigenvalue weighted by Crippen LogP contribution is -2.53. The number of ether oxygens (including phenoxy) is 2. The maximum Gasteiger partial charge on any atom is 0.319 e. The topological polar surface area (TPSA) is 59.6 Å². The summed E-state index contributed by atoms with van der Waals surface area (Å²) in [6.07, 6.45) is 1.98. The SMILES string of the molecule is CCC1(CC)COC(CNC(=O)Nc2c(C(C)C)cccc2C(C)C)(c2ccccc2)OC1. The summed E-state index contributed by atoms with van der Waals surface area (Å²) < 4.78 is 12.8. The van der Waals surface area contributed by atoms with E-state index in [1.165, 1.54) is 0 Å². The number of nitrogens with one attached hydrogen (secondary N) is 2. The zero-order chi connectivity index (χ0) is 24.1. The number of anilines is 1. The fraction of sp³-hybridized carbons (Fsp3) is 0.536. The second-order valence-electron chi connectivity index (χ2n) is 9.83. The summed E-state index contributed by atoms with van der Waals surface area (Å²) >= 11 is 0. The van der Waals surface area contributed by atoms with Crippen molar-refractivity contribution in [2.24, 2.45) is 5.41 Å². The Morgan fingerprint density at radius 2 is 1.42 bits per heavy atom. The van der Waals surface area contributed by atoms with Gasteiger partial charge in [-0.3, -0.25) is 0 Å². The van der Waals surface area contributed by atoms with E-state index in [1.54, 1.807) is 0 Å². The number of carbonyl (C=O) groups is 1. The average Bonchev–Trinajstić information content (AvgIpc) is 2.83. The Kier molecular flexibility index (Phi) is 8.19. The van der Waals surface area contributed by atoms with Crippen LogP contribution in [0.4, 0.5) is 10.5 Å². The molecule has 5 heteroatoms. The van der Waals surface area contributed by atoms with Gasteiger partial charge in [0.2, 0.25) is 5.79 Å². The molecule has 5 nitrogen and oxygen atoms in total. The highest BCUT2D eigenvalue weighted by atomic mass is 16.7. The van der Waals surface area contributed by atoms with Crippen molar-refractivity contribution < 1.29 is 14.3 Å². The van der Waals surface area contributed by atoms with Crippen molar-refractivity contribution in [3.05, 3.63) is 65.2 Å². The van der Waals surface area contributed by atoms with E-state index in [0.717, 1.165) is 35.2 Å². The molecule has 0 atom stereocenters. The second kappa shape index (κ2) is 10.7. The van der Waals surface area contributed by atoms with E-state index in [0.29, 0.717) is 25.0 Å². The largest absolute Gasteiger partial charge is 0.344 e. The summed E-state index contributed by atoms with van der Waals surface area (Å²) in [7, 11) is 0. The Labute approximate surface area is 199 Å². The first-order valence-corrected chi connectivity index (χ1v) is 12.3. The lowest BCUT2D eigenvalue weighted by molar-refractivity contribution is -0.310. The Morgan fingerprint density at radius 3 is 1.91 bits per heavy atom. The van der Waals surface area contributed by atoms with Crippen LogP contribution in [0.3, 0.4) is 0 Å². The Bertz CT molecular complexity index is 884. The third kappa shape index (κ3) is 5.59. The zero-order valence-corrected chi connectivity index (χ0v) is 21.0. The van der Waals surface area contributed by atoms with Gasteiger partial charge in [0.05, 0.1) is 19.8 Å². The van der Waals surface area contributed by atoms with Gasteiger partial charge in [0, 0.05) is 16.7 Å². The number of carbonyl (C=O) groups excluding carboxylic acids is 1. The van der Waals surface area contributed by atoms with Crippen LogP contribution in [0.2, 0.25) is 0 Å². The van der Waals surface area contributed by atoms with E-state index in [-0.39, 0.29) is 18.0 Å². The van der Waals surface area contributed by atoms with Crippen LogP contribution in [0.1, 0.15) is 82.9 Å². The van der Waals surface area contributed by atoms with Crippen molar-refractivity contribution in [3.8, 4) is 0 Å². The van der Waals surface area contributed by atoms with Gasteiger partial charge in [-0.1, -0.05) is 90.1 Å². The lowest BCUT2D eigenvalue weighted by Gasteiger charge is -2.46. The van der Waals surface area contributed by atoms with Gasteiger partial charge in [-0.15, -0.1) is 0 Å². The predicted molar refractivity (Wildman–Crippen MR) is 135 cm³/mol. The molecule has 2 aromatic carbocycles. The molecule has 2 amide bonds. The van der Waals surface area contributed by atoms with Crippen LogP contribution >= 0.6 is 0 Å². The van der Waals surface area contributed by atoms with E-state index in [1.807, 2.05) is 30.3 Å². The summed E-state index contributed by atoms with van der Waals surface area (Å²) in [5.41, 5.74) is 4.10. The first-order valence-electron chi connectivity index (χ1n) is 12.3. The molecular formula is C28H40N2O3. The number of para-hydroxylation sites is 1. The summed E-state index contributed by atoms with van der Waals surface area (Å²) in [6.45, 7) is 14.4. The Morgan fingerprint density at radius 1 is 0.879 bits per heavy atom. The molecule has 1 aliphatic rings. The smallest absolute Gasteiger partial charge is 0.319 e. The zero-order valence-electron chi connectivity index (χ0n) is 21.0. The minimum absolute atomic E-state index is 0.0168. The average molecular weight is 453 g/mol. The molecule has 33 heavy (non-hydrogen) atoms. The molecule has 0 spiro atoms. The highest BCUT2D eigenvalue weighted by molar-refractivity contribution is 5.91. The van der Waals surface area contributed by atoms with Gasteiger partial charge in [-0.25, -0.2) is 4.79 Å². The molecule has 0 unspecified atom stereocenters. The molecule has 2 aromatic rings. The van der Waals surface area contributed by atoms with Crippen molar-refractivity contribution in [3.63, 3.8) is 0 Å². The fourth-order valence-corrected chi connectivity index (χ4v) is 4.39. The van der Waals surface area contributed by atoms with E-state index in [9.17, 15) is 4.79 Å². The van der Waals surface area contributed by atoms with Crippen LogP contribution in [-0.4, -0.2) is 25.8 Å². The molecular weight excluding hydrogens is 412 g/mol. The van der Waals surface area contributed by atoms with Crippen molar-refractivity contribution in [1.29, 1.82) is 0 Å². The van der Waals surface area contributed by atoms with E-state index < -0.39 is 5.79 Å². The molecule has 1 aliphatic heterocycles. The molecule has 0 bridgehead atoms. The number of urea groups is 1. The van der Waals surface area contributed by atoms with Crippen molar-refractivity contribution in [2.45, 2.75) is 72.0 Å². The summed E-state index contributed by atoms with van der Waals surface area (Å²) in [5, 5.41) is 6.16. The van der Waals surface area contributed by atoms with E-state index in [4.69, 9.17) is 9.47 Å². The van der Waals surface area contributed by atoms with Crippen LogP contribution < -0.4 is 10.6 Å². The fourth-order valence-electron chi connectivity index (χ4n) is 4.39. The Balaban J connectivity index is 1.80. The molecule has 1 saturated heterocycles. The van der Waals surface area contributed by atoms with Crippen LogP contribution in [0, 0.1) is 5.41 Å². The molecule has 0 aliphatic carbocycles. The van der Waals surface area contributed by atoms with Gasteiger partial charge in [0.15, 0.2) is 0 Å². The third-order valence-corrected chi connectivity index (χ3v) is 7.03. The van der Waals surface area contributed by atoms with Gasteiger partial charge >= 0.3 is 6.03 Å². The standard InChI is InChI=1S/C28H40N2O3/c1-7-27(8-2)18-32-28(33-19-27,22-13-10-9-11-14-22)17-29-26(31)30-25-23(20(3)4)15-12-16-24(25)21(5)6/h9-16,20-21H,7-8,17-19H2,1-6H3,(H2,29,30,31). The number of hydrogen-bond donors (Lipinski definition) is 2. The summed E-state index contributed by atoms with van der Waals surface area (Å²) in [6, 6.07) is 15.9. The maximum absolute atomic E-state index is 13.1. The molecule has 0 saturated carbocycles. The van der Waals surface area contributed by atoms with Crippen molar-refractivity contribution >= 4 is 11.7 Å². The maximum atomic E-state index is 13.1. The molecule has 0 radical (unpaired) electrons. The minimum atomic E-state index is -0.995. The van der Waals surface area contributed by atoms with E-state index in [2.05, 4.69) is 70.4 Å².